The van der Waals surface area contributed by atoms with E-state index in [1.807, 2.05) is 32.9 Å². The smallest absolute Gasteiger partial charge is 0.0555 e. The SMILES string of the molecule is C=C/C(CCNCCO)=C(C)\C=C/C.CC. The summed E-state index contributed by atoms with van der Waals surface area (Å²) in [6.07, 6.45) is 6.97. The van der Waals surface area contributed by atoms with Gasteiger partial charge in [0, 0.05) is 6.54 Å². The summed E-state index contributed by atoms with van der Waals surface area (Å²) in [6.45, 7) is 13.6. The van der Waals surface area contributed by atoms with Crippen molar-refractivity contribution in [2.45, 2.75) is 34.1 Å². The number of nitrogens with one attached hydrogen (secondary N) is 1. The van der Waals surface area contributed by atoms with Crippen molar-refractivity contribution in [2.75, 3.05) is 19.7 Å². The Morgan fingerprint density at radius 2 is 1.94 bits per heavy atom. The largest absolute Gasteiger partial charge is 0.395 e. The van der Waals surface area contributed by atoms with Crippen LogP contribution in [0.3, 0.4) is 0 Å². The van der Waals surface area contributed by atoms with Crippen LogP contribution >= 0.6 is 0 Å². The Balaban J connectivity index is 0. The zero-order valence-corrected chi connectivity index (χ0v) is 11.2. The quantitative estimate of drug-likeness (QED) is 0.515. The lowest BCUT2D eigenvalue weighted by molar-refractivity contribution is 0.293. The Morgan fingerprint density at radius 1 is 1.31 bits per heavy atom. The van der Waals surface area contributed by atoms with Crippen LogP contribution in [0.4, 0.5) is 0 Å². The van der Waals surface area contributed by atoms with E-state index in [-0.39, 0.29) is 6.61 Å². The van der Waals surface area contributed by atoms with Gasteiger partial charge in [-0.3, -0.25) is 0 Å². The molecule has 2 heteroatoms. The zero-order chi connectivity index (χ0) is 12.8. The predicted molar refractivity (Wildman–Crippen MR) is 73.6 cm³/mol. The molecular weight excluding hydrogens is 198 g/mol. The Hall–Kier alpha value is -0.860. The van der Waals surface area contributed by atoms with Gasteiger partial charge in [0.15, 0.2) is 0 Å². The van der Waals surface area contributed by atoms with Crippen molar-refractivity contribution >= 4 is 0 Å². The predicted octanol–water partition coefficient (Wildman–Crippen LogP) is 3.06. The van der Waals surface area contributed by atoms with E-state index in [4.69, 9.17) is 5.11 Å². The van der Waals surface area contributed by atoms with Crippen molar-refractivity contribution in [1.82, 2.24) is 5.32 Å². The van der Waals surface area contributed by atoms with Crippen LogP contribution in [0, 0.1) is 0 Å². The number of hydrogen-bond donors (Lipinski definition) is 2. The standard InChI is InChI=1S/C12H21NO.C2H6/c1-4-6-11(3)12(5-2)7-8-13-9-10-14;1-2/h4-6,13-14H,2,7-10H2,1,3H3;1-2H3/b6-4-,12-11+;. The zero-order valence-electron chi connectivity index (χ0n) is 11.2. The molecule has 0 aliphatic rings. The van der Waals surface area contributed by atoms with E-state index in [9.17, 15) is 0 Å². The first kappa shape index (κ1) is 17.5. The van der Waals surface area contributed by atoms with Crippen molar-refractivity contribution in [1.29, 1.82) is 0 Å². The van der Waals surface area contributed by atoms with Gasteiger partial charge in [-0.2, -0.15) is 0 Å². The van der Waals surface area contributed by atoms with Gasteiger partial charge < -0.3 is 10.4 Å². The molecule has 0 atom stereocenters. The van der Waals surface area contributed by atoms with Crippen molar-refractivity contribution in [3.8, 4) is 0 Å². The van der Waals surface area contributed by atoms with Gasteiger partial charge in [0.05, 0.1) is 6.61 Å². The molecule has 0 aliphatic carbocycles. The Bertz CT molecular complexity index is 217. The van der Waals surface area contributed by atoms with Gasteiger partial charge in [0.25, 0.3) is 0 Å². The highest BCUT2D eigenvalue weighted by Crippen LogP contribution is 2.10. The van der Waals surface area contributed by atoms with Gasteiger partial charge in [-0.25, -0.2) is 0 Å². The summed E-state index contributed by atoms with van der Waals surface area (Å²) in [4.78, 5) is 0. The summed E-state index contributed by atoms with van der Waals surface area (Å²) >= 11 is 0. The number of rotatable bonds is 7. The third-order valence-corrected chi connectivity index (χ3v) is 2.03. The highest BCUT2D eigenvalue weighted by Gasteiger charge is 1.95. The molecule has 0 aromatic rings. The fourth-order valence-corrected chi connectivity index (χ4v) is 1.24. The normalized spacial score (nSPS) is 11.8. The van der Waals surface area contributed by atoms with Crippen LogP contribution in [-0.2, 0) is 0 Å². The van der Waals surface area contributed by atoms with Gasteiger partial charge >= 0.3 is 0 Å². The molecular formula is C14H27NO. The molecule has 0 saturated carbocycles. The van der Waals surface area contributed by atoms with Gasteiger partial charge in [0.1, 0.15) is 0 Å². The second kappa shape index (κ2) is 14.1. The van der Waals surface area contributed by atoms with Crippen molar-refractivity contribution in [2.24, 2.45) is 0 Å². The lowest BCUT2D eigenvalue weighted by Crippen LogP contribution is -2.19. The van der Waals surface area contributed by atoms with Crippen molar-refractivity contribution in [3.05, 3.63) is 36.0 Å². The Kier molecular flexibility index (Phi) is 15.5. The summed E-state index contributed by atoms with van der Waals surface area (Å²) in [5.41, 5.74) is 2.52. The number of allylic oxidation sites excluding steroid dienone is 4. The van der Waals surface area contributed by atoms with Crippen LogP contribution in [0.15, 0.2) is 36.0 Å². The van der Waals surface area contributed by atoms with Gasteiger partial charge in [-0.15, -0.1) is 0 Å². The molecule has 0 spiro atoms. The van der Waals surface area contributed by atoms with Crippen LogP contribution in [0.2, 0.25) is 0 Å². The van der Waals surface area contributed by atoms with Crippen molar-refractivity contribution in [3.63, 3.8) is 0 Å². The van der Waals surface area contributed by atoms with E-state index in [2.05, 4.69) is 24.9 Å². The molecule has 0 radical (unpaired) electrons. The van der Waals surface area contributed by atoms with E-state index < -0.39 is 0 Å². The van der Waals surface area contributed by atoms with E-state index in [1.165, 1.54) is 11.1 Å². The maximum Gasteiger partial charge on any atom is 0.0555 e. The maximum absolute atomic E-state index is 8.58. The summed E-state index contributed by atoms with van der Waals surface area (Å²) in [6, 6.07) is 0. The highest BCUT2D eigenvalue weighted by atomic mass is 16.3. The Labute approximate surface area is 101 Å². The monoisotopic (exact) mass is 225 g/mol. The molecule has 0 fully saturated rings. The van der Waals surface area contributed by atoms with Crippen LogP contribution < -0.4 is 5.32 Å². The molecule has 16 heavy (non-hydrogen) atoms. The van der Waals surface area contributed by atoms with E-state index in [1.54, 1.807) is 0 Å². The lowest BCUT2D eigenvalue weighted by Gasteiger charge is -2.06. The number of aliphatic hydroxyl groups excluding tert-OH is 1. The Morgan fingerprint density at radius 3 is 2.38 bits per heavy atom. The van der Waals surface area contributed by atoms with Gasteiger partial charge in [-0.05, 0) is 38.0 Å². The molecule has 0 unspecified atom stereocenters. The first-order chi connectivity index (χ1) is 7.76. The molecule has 0 aromatic heterocycles. The van der Waals surface area contributed by atoms with E-state index >= 15 is 0 Å². The minimum Gasteiger partial charge on any atom is -0.395 e. The molecule has 0 rings (SSSR count). The highest BCUT2D eigenvalue weighted by molar-refractivity contribution is 5.30. The molecule has 2 N–H and O–H groups in total. The summed E-state index contributed by atoms with van der Waals surface area (Å²) in [5, 5.41) is 11.7. The van der Waals surface area contributed by atoms with Gasteiger partial charge in [-0.1, -0.05) is 38.7 Å². The average Bonchev–Trinajstić information content (AvgIpc) is 2.32. The first-order valence-corrected chi connectivity index (χ1v) is 6.02. The van der Waals surface area contributed by atoms with E-state index in [0.29, 0.717) is 6.54 Å². The molecule has 94 valence electrons. The fourth-order valence-electron chi connectivity index (χ4n) is 1.24. The molecule has 0 amide bonds. The first-order valence-electron chi connectivity index (χ1n) is 6.02. The maximum atomic E-state index is 8.58. The molecule has 0 aromatic carbocycles. The van der Waals surface area contributed by atoms with Crippen LogP contribution in [0.25, 0.3) is 0 Å². The minimum absolute atomic E-state index is 0.195. The third kappa shape index (κ3) is 9.69. The second-order valence-electron chi connectivity index (χ2n) is 3.14. The fraction of sp³-hybridized carbons (Fsp3) is 0.571. The van der Waals surface area contributed by atoms with Crippen LogP contribution in [0.1, 0.15) is 34.1 Å². The molecule has 0 saturated heterocycles. The van der Waals surface area contributed by atoms with Gasteiger partial charge in [0.2, 0.25) is 0 Å². The van der Waals surface area contributed by atoms with Crippen LogP contribution in [0.5, 0.6) is 0 Å². The summed E-state index contributed by atoms with van der Waals surface area (Å²) in [7, 11) is 0. The molecule has 0 aliphatic heterocycles. The third-order valence-electron chi connectivity index (χ3n) is 2.03. The van der Waals surface area contributed by atoms with E-state index in [0.717, 1.165) is 13.0 Å². The topological polar surface area (TPSA) is 32.3 Å². The summed E-state index contributed by atoms with van der Waals surface area (Å²) < 4.78 is 0. The lowest BCUT2D eigenvalue weighted by atomic mass is 10.1. The number of aliphatic hydroxyl groups is 1. The molecule has 0 bridgehead atoms. The molecule has 2 nitrogen and oxygen atoms in total. The van der Waals surface area contributed by atoms with Crippen molar-refractivity contribution < 1.29 is 5.11 Å². The number of hydrogen-bond acceptors (Lipinski definition) is 2. The second-order valence-corrected chi connectivity index (χ2v) is 3.14. The summed E-state index contributed by atoms with van der Waals surface area (Å²) in [5.74, 6) is 0. The average molecular weight is 225 g/mol. The molecule has 0 heterocycles. The van der Waals surface area contributed by atoms with Crippen LogP contribution in [-0.4, -0.2) is 24.8 Å². The minimum atomic E-state index is 0.195.